The first kappa shape index (κ1) is 24.8. The van der Waals surface area contributed by atoms with Gasteiger partial charge in [-0.1, -0.05) is 18.5 Å². The van der Waals surface area contributed by atoms with Crippen LogP contribution in [0.5, 0.6) is 0 Å². The van der Waals surface area contributed by atoms with E-state index in [2.05, 4.69) is 22.0 Å². The summed E-state index contributed by atoms with van der Waals surface area (Å²) in [5.41, 5.74) is 2.21. The van der Waals surface area contributed by atoms with E-state index in [1.54, 1.807) is 25.1 Å². The summed E-state index contributed by atoms with van der Waals surface area (Å²) >= 11 is 5.87. The predicted octanol–water partition coefficient (Wildman–Crippen LogP) is 5.31. The van der Waals surface area contributed by atoms with E-state index >= 15 is 0 Å². The molecule has 0 radical (unpaired) electrons. The summed E-state index contributed by atoms with van der Waals surface area (Å²) in [7, 11) is 0. The Morgan fingerprint density at radius 2 is 1.83 bits per heavy atom. The van der Waals surface area contributed by atoms with Crippen LogP contribution in [0.25, 0.3) is 11.3 Å². The van der Waals surface area contributed by atoms with Gasteiger partial charge in [0.15, 0.2) is 5.76 Å². The Kier molecular flexibility index (Phi) is 7.73. The largest absolute Gasteiger partial charge is 0.462 e. The number of likely N-dealkylation sites (N-methyl/N-ethyl adjacent to an activating group) is 1. The first-order valence-corrected chi connectivity index (χ1v) is 11.9. The van der Waals surface area contributed by atoms with Crippen LogP contribution >= 0.6 is 11.6 Å². The van der Waals surface area contributed by atoms with E-state index in [4.69, 9.17) is 20.8 Å². The number of furan rings is 1. The minimum Gasteiger partial charge on any atom is -0.462 e. The summed E-state index contributed by atoms with van der Waals surface area (Å²) in [6.07, 6.45) is 0. The van der Waals surface area contributed by atoms with Crippen molar-refractivity contribution in [1.82, 2.24) is 4.90 Å². The molecule has 1 amide bonds. The molecular weight excluding hydrogens is 473 g/mol. The van der Waals surface area contributed by atoms with Gasteiger partial charge < -0.3 is 24.3 Å². The van der Waals surface area contributed by atoms with E-state index < -0.39 is 17.7 Å². The second kappa shape index (κ2) is 10.9. The molecule has 1 aliphatic rings. The number of anilines is 2. The molecule has 0 atom stereocenters. The third-order valence-electron chi connectivity index (χ3n) is 5.95. The molecule has 2 heterocycles. The normalized spacial score (nSPS) is 14.1. The third-order valence-corrected chi connectivity index (χ3v) is 6.24. The summed E-state index contributed by atoms with van der Waals surface area (Å²) in [5, 5.41) is 2.86. The van der Waals surface area contributed by atoms with Crippen molar-refractivity contribution in [3.63, 3.8) is 0 Å². The van der Waals surface area contributed by atoms with Gasteiger partial charge in [0.1, 0.15) is 11.6 Å². The van der Waals surface area contributed by atoms with Crippen LogP contribution in [0.3, 0.4) is 0 Å². The van der Waals surface area contributed by atoms with Gasteiger partial charge in [-0.2, -0.15) is 0 Å². The Labute approximate surface area is 208 Å². The number of nitrogens with one attached hydrogen (secondary N) is 1. The number of hydrogen-bond acceptors (Lipinski definition) is 6. The molecule has 4 rings (SSSR count). The average molecular weight is 500 g/mol. The Morgan fingerprint density at radius 1 is 1.06 bits per heavy atom. The first-order valence-electron chi connectivity index (χ1n) is 11.5. The number of esters is 1. The van der Waals surface area contributed by atoms with E-state index in [1.165, 1.54) is 24.3 Å². The molecule has 7 nitrogen and oxygen atoms in total. The SMILES string of the molecule is CCOC(=O)c1ccc(N2CCN(CC)CC2)c(NC(=O)c2ccc(-c3ccc(F)c(Cl)c3)o2)c1. The van der Waals surface area contributed by atoms with Gasteiger partial charge in [-0.25, -0.2) is 9.18 Å². The van der Waals surface area contributed by atoms with Crippen molar-refractivity contribution in [2.45, 2.75) is 13.8 Å². The zero-order valence-electron chi connectivity index (χ0n) is 19.6. The van der Waals surface area contributed by atoms with Crippen molar-refractivity contribution in [1.29, 1.82) is 0 Å². The van der Waals surface area contributed by atoms with Gasteiger partial charge in [0.2, 0.25) is 0 Å². The highest BCUT2D eigenvalue weighted by Crippen LogP contribution is 2.31. The topological polar surface area (TPSA) is 75.0 Å². The number of halogens is 2. The number of hydrogen-bond donors (Lipinski definition) is 1. The van der Waals surface area contributed by atoms with Gasteiger partial charge in [0, 0.05) is 31.7 Å². The van der Waals surface area contributed by atoms with Crippen LogP contribution in [0.1, 0.15) is 34.8 Å². The number of carbonyl (C=O) groups excluding carboxylic acids is 2. The molecule has 2 aromatic carbocycles. The molecule has 9 heteroatoms. The maximum Gasteiger partial charge on any atom is 0.338 e. The van der Waals surface area contributed by atoms with Gasteiger partial charge in [-0.3, -0.25) is 4.79 Å². The van der Waals surface area contributed by atoms with Crippen molar-refractivity contribution in [2.75, 3.05) is 49.5 Å². The molecule has 0 bridgehead atoms. The van der Waals surface area contributed by atoms with Gasteiger partial charge in [0.25, 0.3) is 5.91 Å². The Hall–Kier alpha value is -3.36. The van der Waals surface area contributed by atoms with E-state index in [1.807, 2.05) is 6.07 Å². The highest BCUT2D eigenvalue weighted by Gasteiger charge is 2.22. The van der Waals surface area contributed by atoms with Crippen LogP contribution < -0.4 is 10.2 Å². The minimum absolute atomic E-state index is 0.0338. The van der Waals surface area contributed by atoms with E-state index in [0.717, 1.165) is 38.4 Å². The molecule has 0 unspecified atom stereocenters. The van der Waals surface area contributed by atoms with Gasteiger partial charge in [-0.15, -0.1) is 0 Å². The van der Waals surface area contributed by atoms with Gasteiger partial charge in [0.05, 0.1) is 28.6 Å². The van der Waals surface area contributed by atoms with Crippen molar-refractivity contribution < 1.29 is 23.1 Å². The molecule has 0 aliphatic carbocycles. The maximum absolute atomic E-state index is 13.5. The predicted molar refractivity (Wildman–Crippen MR) is 134 cm³/mol. The van der Waals surface area contributed by atoms with Crippen molar-refractivity contribution in [3.8, 4) is 11.3 Å². The number of ether oxygens (including phenoxy) is 1. The molecule has 35 heavy (non-hydrogen) atoms. The van der Waals surface area contributed by atoms with Gasteiger partial charge in [-0.05, 0) is 62.0 Å². The lowest BCUT2D eigenvalue weighted by atomic mass is 10.1. The van der Waals surface area contributed by atoms with E-state index in [0.29, 0.717) is 22.6 Å². The van der Waals surface area contributed by atoms with Crippen molar-refractivity contribution in [2.24, 2.45) is 0 Å². The average Bonchev–Trinajstić information content (AvgIpc) is 3.36. The van der Waals surface area contributed by atoms with Crippen molar-refractivity contribution >= 4 is 34.9 Å². The van der Waals surface area contributed by atoms with E-state index in [-0.39, 0.29) is 17.4 Å². The van der Waals surface area contributed by atoms with Crippen LogP contribution in [0, 0.1) is 5.82 Å². The van der Waals surface area contributed by atoms with E-state index in [9.17, 15) is 14.0 Å². The number of piperazine rings is 1. The lowest BCUT2D eigenvalue weighted by Gasteiger charge is -2.36. The Balaban J connectivity index is 1.59. The van der Waals surface area contributed by atoms with Crippen LogP contribution in [0.2, 0.25) is 5.02 Å². The fourth-order valence-corrected chi connectivity index (χ4v) is 4.19. The lowest BCUT2D eigenvalue weighted by molar-refractivity contribution is 0.0526. The van der Waals surface area contributed by atoms with Gasteiger partial charge >= 0.3 is 5.97 Å². The number of nitrogens with zero attached hydrogens (tertiary/aromatic N) is 2. The smallest absolute Gasteiger partial charge is 0.338 e. The Morgan fingerprint density at radius 3 is 2.51 bits per heavy atom. The summed E-state index contributed by atoms with van der Waals surface area (Å²) < 4.78 is 24.3. The maximum atomic E-state index is 13.5. The Bertz CT molecular complexity index is 1220. The highest BCUT2D eigenvalue weighted by atomic mass is 35.5. The molecule has 0 spiro atoms. The molecule has 1 N–H and O–H groups in total. The van der Waals surface area contributed by atoms with Crippen LogP contribution in [0.15, 0.2) is 52.9 Å². The molecule has 184 valence electrons. The number of benzene rings is 2. The summed E-state index contributed by atoms with van der Waals surface area (Å²) in [4.78, 5) is 29.9. The van der Waals surface area contributed by atoms with Crippen LogP contribution in [0.4, 0.5) is 15.8 Å². The quantitative estimate of drug-likeness (QED) is 0.444. The monoisotopic (exact) mass is 499 g/mol. The molecule has 3 aromatic rings. The van der Waals surface area contributed by atoms with Crippen LogP contribution in [-0.2, 0) is 4.74 Å². The first-order chi connectivity index (χ1) is 16.9. The summed E-state index contributed by atoms with van der Waals surface area (Å²) in [5.74, 6) is -1.01. The lowest BCUT2D eigenvalue weighted by Crippen LogP contribution is -2.46. The second-order valence-electron chi connectivity index (χ2n) is 8.12. The minimum atomic E-state index is -0.534. The zero-order valence-corrected chi connectivity index (χ0v) is 20.4. The summed E-state index contributed by atoms with van der Waals surface area (Å²) in [6, 6.07) is 12.5. The molecular formula is C26H27ClFN3O4. The molecule has 1 saturated heterocycles. The molecule has 1 aliphatic heterocycles. The third kappa shape index (κ3) is 5.66. The highest BCUT2D eigenvalue weighted by molar-refractivity contribution is 6.31. The molecule has 1 fully saturated rings. The standard InChI is InChI=1S/C26H27ClFN3O4/c1-3-30-11-13-31(14-12-30)22-8-6-18(26(33)34-4-2)16-21(22)29-25(32)24-10-9-23(35-24)17-5-7-20(28)19(27)15-17/h5-10,15-16H,3-4,11-14H2,1-2H3,(H,29,32). The van der Waals surface area contributed by atoms with Crippen LogP contribution in [-0.4, -0.2) is 56.1 Å². The molecule has 0 saturated carbocycles. The number of amides is 1. The fraction of sp³-hybridized carbons (Fsp3) is 0.308. The van der Waals surface area contributed by atoms with Crippen molar-refractivity contribution in [3.05, 3.63) is 70.7 Å². The number of rotatable bonds is 7. The summed E-state index contributed by atoms with van der Waals surface area (Å²) in [6.45, 7) is 8.52. The molecule has 1 aromatic heterocycles. The second-order valence-corrected chi connectivity index (χ2v) is 8.53. The fourth-order valence-electron chi connectivity index (χ4n) is 4.01. The zero-order chi connectivity index (χ0) is 24.9. The number of carbonyl (C=O) groups is 2.